The molecule has 0 radical (unpaired) electrons. The third-order valence-electron chi connectivity index (χ3n) is 2.84. The Morgan fingerprint density at radius 3 is 2.00 bits per heavy atom. The molecule has 0 saturated heterocycles. The molecule has 2 heteroatoms. The van der Waals surface area contributed by atoms with Crippen molar-refractivity contribution in [1.29, 1.82) is 0 Å². The Hall–Kier alpha value is -0.344. The number of hydrogen-bond donors (Lipinski definition) is 0. The molecule has 1 aliphatic carbocycles. The van der Waals surface area contributed by atoms with Gasteiger partial charge in [-0.1, -0.05) is 0 Å². The second kappa shape index (κ2) is 3.19. The van der Waals surface area contributed by atoms with Crippen molar-refractivity contribution in [3.05, 3.63) is 22.3 Å². The molecule has 1 atom stereocenters. The van der Waals surface area contributed by atoms with E-state index in [0.29, 0.717) is 0 Å². The van der Waals surface area contributed by atoms with E-state index in [2.05, 4.69) is 36.5 Å². The fraction of sp³-hybridized carbons (Fsp3) is 0.500. The maximum atomic E-state index is 11.1. The fourth-order valence-electron chi connectivity index (χ4n) is 1.66. The zero-order valence-corrected chi connectivity index (χ0v) is 8.86. The molecule has 0 aromatic rings. The summed E-state index contributed by atoms with van der Waals surface area (Å²) in [5.41, 5.74) is 4.52. The molecule has 0 bridgehead atoms. The summed E-state index contributed by atoms with van der Waals surface area (Å²) in [6.45, 7) is 8.18. The Morgan fingerprint density at radius 2 is 1.83 bits per heavy atom. The maximum absolute atomic E-state index is 11.1. The van der Waals surface area contributed by atoms with Gasteiger partial charge in [0.05, 0.1) is 0 Å². The molecule has 0 aromatic carbocycles. The van der Waals surface area contributed by atoms with E-state index >= 15 is 0 Å². The minimum Gasteiger partial charge on any atom is -1.00 e. The van der Waals surface area contributed by atoms with Crippen LogP contribution in [0.2, 0.25) is 0 Å². The average Bonchev–Trinajstić information content (AvgIpc) is 2.16. The van der Waals surface area contributed by atoms with Gasteiger partial charge < -0.3 is 2.85 Å². The van der Waals surface area contributed by atoms with Gasteiger partial charge in [-0.2, -0.15) is 0 Å². The van der Waals surface area contributed by atoms with Gasteiger partial charge in [0.25, 0.3) is 0 Å². The second-order valence-corrected chi connectivity index (χ2v) is 3.79. The van der Waals surface area contributed by atoms with Crippen LogP contribution in [0.25, 0.3) is 0 Å². The molecule has 0 amide bonds. The van der Waals surface area contributed by atoms with Gasteiger partial charge in [0.15, 0.2) is 0 Å². The molecule has 0 heterocycles. The normalized spacial score (nSPS) is 24.0. The minimum absolute atomic E-state index is 0. The zero-order chi connectivity index (χ0) is 9.46. The molecule has 0 aromatic heterocycles. The Bertz CT molecular complexity index is 305. The fourth-order valence-corrected chi connectivity index (χ4v) is 2.08. The average molecular weight is 210 g/mol. The minimum atomic E-state index is -0.0938. The Balaban J connectivity index is 0. The largest absolute Gasteiger partial charge is 1.00 e. The SMILES string of the molecule is CC1=C(C)C(C)C([C](=O)[Co])=C1C.[H-].[H-]. The van der Waals surface area contributed by atoms with Crippen molar-refractivity contribution < 1.29 is 23.4 Å². The van der Waals surface area contributed by atoms with Gasteiger partial charge in [-0.3, -0.25) is 0 Å². The van der Waals surface area contributed by atoms with E-state index in [-0.39, 0.29) is 13.5 Å². The van der Waals surface area contributed by atoms with Crippen LogP contribution in [-0.2, 0) is 20.5 Å². The van der Waals surface area contributed by atoms with E-state index in [1.807, 2.05) is 6.92 Å². The topological polar surface area (TPSA) is 17.1 Å². The van der Waals surface area contributed by atoms with Crippen LogP contribution >= 0.6 is 0 Å². The second-order valence-electron chi connectivity index (χ2n) is 3.32. The third-order valence-corrected chi connectivity index (χ3v) is 3.12. The summed E-state index contributed by atoms with van der Waals surface area (Å²) in [6, 6.07) is 0. The first-order valence-corrected chi connectivity index (χ1v) is 4.55. The molecule has 0 fully saturated rings. The molecule has 0 spiro atoms. The van der Waals surface area contributed by atoms with Gasteiger partial charge in [-0.05, 0) is 0 Å². The van der Waals surface area contributed by atoms with Crippen LogP contribution in [0.4, 0.5) is 0 Å². The van der Waals surface area contributed by atoms with E-state index in [9.17, 15) is 4.79 Å². The molecule has 1 rings (SSSR count). The van der Waals surface area contributed by atoms with Gasteiger partial charge in [-0.25, -0.2) is 0 Å². The monoisotopic (exact) mass is 210 g/mol. The molecule has 0 aliphatic heterocycles. The van der Waals surface area contributed by atoms with Crippen LogP contribution in [0, 0.1) is 5.92 Å². The Labute approximate surface area is 84.5 Å². The quantitative estimate of drug-likeness (QED) is 0.650. The first-order valence-electron chi connectivity index (χ1n) is 4.03. The molecule has 0 N–H and O–H groups in total. The standard InChI is InChI=1S/C10H13O.Co.2H/c1-6-7(2)9(4)10(5-11)8(6)3;;;/h8H,1-4H3;;;/q;;2*-1. The summed E-state index contributed by atoms with van der Waals surface area (Å²) in [5, 5.41) is 0. The Kier molecular flexibility index (Phi) is 2.59. The molecule has 1 unspecified atom stereocenters. The predicted molar refractivity (Wildman–Crippen MR) is 47.5 cm³/mol. The predicted octanol–water partition coefficient (Wildman–Crippen LogP) is 2.59. The summed E-state index contributed by atoms with van der Waals surface area (Å²) >= 11 is 3.92. The van der Waals surface area contributed by atoms with Crippen LogP contribution in [0.15, 0.2) is 22.3 Å². The molecule has 72 valence electrons. The van der Waals surface area contributed by atoms with Gasteiger partial charge >= 0.3 is 81.2 Å². The van der Waals surface area contributed by atoms with Crippen LogP contribution < -0.4 is 0 Å². The van der Waals surface area contributed by atoms with Gasteiger partial charge in [-0.15, -0.1) is 0 Å². The Morgan fingerprint density at radius 1 is 1.33 bits per heavy atom. The number of allylic oxidation sites excluding steroid dienone is 4. The van der Waals surface area contributed by atoms with Crippen molar-refractivity contribution in [3.63, 3.8) is 0 Å². The first kappa shape index (κ1) is 9.74. The van der Waals surface area contributed by atoms with Crippen LogP contribution in [0.3, 0.4) is 0 Å². The van der Waals surface area contributed by atoms with Crippen LogP contribution in [0.5, 0.6) is 0 Å². The van der Waals surface area contributed by atoms with Gasteiger partial charge in [0.2, 0.25) is 0 Å². The molecule has 12 heavy (non-hydrogen) atoms. The smallest absolute Gasteiger partial charge is 1.00 e. The van der Waals surface area contributed by atoms with E-state index in [0.717, 1.165) is 11.1 Å². The summed E-state index contributed by atoms with van der Waals surface area (Å²) in [4.78, 5) is 11.1. The zero-order valence-electron chi connectivity index (χ0n) is 9.82. The van der Waals surface area contributed by atoms with Crippen molar-refractivity contribution in [2.75, 3.05) is 0 Å². The molecule has 1 aliphatic rings. The van der Waals surface area contributed by atoms with Gasteiger partial charge in [0.1, 0.15) is 0 Å². The third kappa shape index (κ3) is 1.29. The summed E-state index contributed by atoms with van der Waals surface area (Å²) in [5.74, 6) is 0.258. The van der Waals surface area contributed by atoms with E-state index in [1.54, 1.807) is 0 Å². The van der Waals surface area contributed by atoms with E-state index in [4.69, 9.17) is 0 Å². The molecule has 1 nitrogen and oxygen atoms in total. The van der Waals surface area contributed by atoms with Crippen LogP contribution in [0.1, 0.15) is 30.5 Å². The number of carbonyl (C=O) groups excluding carboxylic acids is 1. The molecular formula is C10H15CoO-2. The number of rotatable bonds is 1. The summed E-state index contributed by atoms with van der Waals surface area (Å²) in [6.07, 6.45) is 0. The van der Waals surface area contributed by atoms with E-state index < -0.39 is 0 Å². The van der Waals surface area contributed by atoms with Crippen molar-refractivity contribution in [2.24, 2.45) is 5.92 Å². The van der Waals surface area contributed by atoms with Crippen LogP contribution in [-0.4, -0.2) is 4.72 Å². The van der Waals surface area contributed by atoms with Gasteiger partial charge in [0, 0.05) is 0 Å². The first-order chi connectivity index (χ1) is 5.46. The number of carbonyl (C=O) groups is 1. The van der Waals surface area contributed by atoms with Crippen molar-refractivity contribution in [1.82, 2.24) is 0 Å². The van der Waals surface area contributed by atoms with Crippen molar-refractivity contribution in [3.8, 4) is 0 Å². The van der Waals surface area contributed by atoms with Crippen molar-refractivity contribution in [2.45, 2.75) is 27.7 Å². The number of hydrogen-bond acceptors (Lipinski definition) is 1. The molecule has 0 saturated carbocycles. The maximum Gasteiger partial charge on any atom is -1.00 e. The van der Waals surface area contributed by atoms with E-state index in [1.165, 1.54) is 11.1 Å². The molecular weight excluding hydrogens is 195 g/mol. The van der Waals surface area contributed by atoms with Crippen molar-refractivity contribution >= 4 is 4.72 Å². The summed E-state index contributed by atoms with van der Waals surface area (Å²) in [7, 11) is 0. The summed E-state index contributed by atoms with van der Waals surface area (Å²) < 4.78 is -0.0938.